The van der Waals surface area contributed by atoms with Crippen LogP contribution >= 0.6 is 0 Å². The summed E-state index contributed by atoms with van der Waals surface area (Å²) in [5, 5.41) is 12.2. The molecule has 2 fully saturated rings. The molecule has 0 radical (unpaired) electrons. The minimum absolute atomic E-state index is 0.118. The Labute approximate surface area is 147 Å². The summed E-state index contributed by atoms with van der Waals surface area (Å²) in [7, 11) is 0. The molecule has 0 spiro atoms. The Morgan fingerprint density at radius 1 is 1.08 bits per heavy atom. The molecule has 2 aliphatic rings. The average molecular weight is 348 g/mol. The van der Waals surface area contributed by atoms with Crippen molar-refractivity contribution in [3.63, 3.8) is 0 Å². The lowest BCUT2D eigenvalue weighted by Crippen LogP contribution is -2.47. The van der Waals surface area contributed by atoms with Crippen LogP contribution in [0.3, 0.4) is 0 Å². The monoisotopic (exact) mass is 348 g/mol. The first-order valence-corrected chi connectivity index (χ1v) is 9.08. The second-order valence-electron chi connectivity index (χ2n) is 7.12. The number of hydrogen-bond donors (Lipinski definition) is 2. The van der Waals surface area contributed by atoms with Crippen molar-refractivity contribution in [3.05, 3.63) is 35.6 Å². The summed E-state index contributed by atoms with van der Waals surface area (Å²) in [6, 6.07) is 6.09. The van der Waals surface area contributed by atoms with E-state index in [4.69, 9.17) is 5.11 Å². The van der Waals surface area contributed by atoms with E-state index in [1.807, 2.05) is 0 Å². The van der Waals surface area contributed by atoms with E-state index in [1.165, 1.54) is 12.1 Å². The van der Waals surface area contributed by atoms with Crippen molar-refractivity contribution in [1.82, 2.24) is 10.2 Å². The Bertz CT molecular complexity index is 606. The smallest absolute Gasteiger partial charge is 0.317 e. The molecule has 1 unspecified atom stereocenters. The number of benzene rings is 1. The van der Waals surface area contributed by atoms with Gasteiger partial charge in [-0.3, -0.25) is 4.79 Å². The summed E-state index contributed by atoms with van der Waals surface area (Å²) in [5.74, 6) is -1.05. The predicted octanol–water partition coefficient (Wildman–Crippen LogP) is 3.56. The van der Waals surface area contributed by atoms with E-state index in [9.17, 15) is 14.0 Å². The molecule has 1 aliphatic carbocycles. The zero-order valence-electron chi connectivity index (χ0n) is 14.3. The summed E-state index contributed by atoms with van der Waals surface area (Å²) in [4.78, 5) is 25.4. The molecule has 3 rings (SSSR count). The highest BCUT2D eigenvalue weighted by Crippen LogP contribution is 2.36. The van der Waals surface area contributed by atoms with Crippen LogP contribution in [0.25, 0.3) is 0 Å². The van der Waals surface area contributed by atoms with Crippen molar-refractivity contribution >= 4 is 12.0 Å². The fraction of sp³-hybridized carbons (Fsp3) is 0.579. The van der Waals surface area contributed by atoms with E-state index in [-0.39, 0.29) is 23.8 Å². The van der Waals surface area contributed by atoms with Gasteiger partial charge in [0.15, 0.2) is 0 Å². The maximum Gasteiger partial charge on any atom is 0.317 e. The largest absolute Gasteiger partial charge is 0.481 e. The molecule has 136 valence electrons. The zero-order chi connectivity index (χ0) is 17.8. The van der Waals surface area contributed by atoms with E-state index < -0.39 is 5.97 Å². The summed E-state index contributed by atoms with van der Waals surface area (Å²) >= 11 is 0. The Balaban J connectivity index is 1.66. The van der Waals surface area contributed by atoms with Gasteiger partial charge in [-0.25, -0.2) is 9.18 Å². The number of aliphatic carboxylic acids is 1. The molecule has 25 heavy (non-hydrogen) atoms. The summed E-state index contributed by atoms with van der Waals surface area (Å²) in [5.41, 5.74) is 0.932. The molecule has 1 heterocycles. The molecule has 1 atom stereocenters. The fourth-order valence-corrected chi connectivity index (χ4v) is 3.99. The van der Waals surface area contributed by atoms with Crippen molar-refractivity contribution in [1.29, 1.82) is 0 Å². The van der Waals surface area contributed by atoms with Gasteiger partial charge >= 0.3 is 12.0 Å². The minimum Gasteiger partial charge on any atom is -0.481 e. The SMILES string of the molecule is O=C(O)C1CCN(C(=O)NC(c2ccc(F)cc2)C2CCCC2)CC1. The summed E-state index contributed by atoms with van der Waals surface area (Å²) in [6.45, 7) is 0.924. The third-order valence-corrected chi connectivity index (χ3v) is 5.51. The van der Waals surface area contributed by atoms with Crippen molar-refractivity contribution in [2.75, 3.05) is 13.1 Å². The second-order valence-corrected chi connectivity index (χ2v) is 7.12. The maximum absolute atomic E-state index is 13.2. The number of piperidine rings is 1. The molecule has 1 saturated carbocycles. The van der Waals surface area contributed by atoms with E-state index in [2.05, 4.69) is 5.32 Å². The van der Waals surface area contributed by atoms with Crippen LogP contribution in [-0.2, 0) is 4.79 Å². The van der Waals surface area contributed by atoms with Gasteiger partial charge in [-0.15, -0.1) is 0 Å². The van der Waals surface area contributed by atoms with Gasteiger partial charge in [0.1, 0.15) is 5.82 Å². The molecule has 0 bridgehead atoms. The summed E-state index contributed by atoms with van der Waals surface area (Å²) < 4.78 is 13.2. The Kier molecular flexibility index (Phi) is 5.56. The Morgan fingerprint density at radius 2 is 1.68 bits per heavy atom. The number of amides is 2. The molecular formula is C19H25FN2O3. The van der Waals surface area contributed by atoms with Crippen LogP contribution in [0.4, 0.5) is 9.18 Å². The number of nitrogens with zero attached hydrogens (tertiary/aromatic N) is 1. The van der Waals surface area contributed by atoms with Gasteiger partial charge in [0.05, 0.1) is 12.0 Å². The number of carboxylic acids is 1. The lowest BCUT2D eigenvalue weighted by atomic mass is 9.91. The van der Waals surface area contributed by atoms with E-state index >= 15 is 0 Å². The molecule has 1 aliphatic heterocycles. The first-order valence-electron chi connectivity index (χ1n) is 9.08. The number of halogens is 1. The van der Waals surface area contributed by atoms with Crippen LogP contribution in [0.5, 0.6) is 0 Å². The van der Waals surface area contributed by atoms with Crippen LogP contribution in [-0.4, -0.2) is 35.1 Å². The average Bonchev–Trinajstić information content (AvgIpc) is 3.15. The van der Waals surface area contributed by atoms with Crippen LogP contribution in [0.2, 0.25) is 0 Å². The molecule has 5 nitrogen and oxygen atoms in total. The van der Waals surface area contributed by atoms with E-state index in [1.54, 1.807) is 17.0 Å². The molecule has 2 amide bonds. The molecule has 2 N–H and O–H groups in total. The lowest BCUT2D eigenvalue weighted by Gasteiger charge is -2.33. The third kappa shape index (κ3) is 4.30. The van der Waals surface area contributed by atoms with Gasteiger partial charge in [-0.1, -0.05) is 25.0 Å². The van der Waals surface area contributed by atoms with E-state index in [0.29, 0.717) is 31.8 Å². The highest BCUT2D eigenvalue weighted by atomic mass is 19.1. The number of hydrogen-bond acceptors (Lipinski definition) is 2. The van der Waals surface area contributed by atoms with Crippen LogP contribution in [0.15, 0.2) is 24.3 Å². The number of likely N-dealkylation sites (tertiary alicyclic amines) is 1. The molecule has 1 saturated heterocycles. The predicted molar refractivity (Wildman–Crippen MR) is 91.6 cm³/mol. The number of carboxylic acid groups (broad SMARTS) is 1. The zero-order valence-corrected chi connectivity index (χ0v) is 14.3. The number of nitrogens with one attached hydrogen (secondary N) is 1. The Morgan fingerprint density at radius 3 is 2.24 bits per heavy atom. The van der Waals surface area contributed by atoms with Gasteiger partial charge < -0.3 is 15.3 Å². The van der Waals surface area contributed by atoms with Gasteiger partial charge in [0.2, 0.25) is 0 Å². The number of urea groups is 1. The summed E-state index contributed by atoms with van der Waals surface area (Å²) in [6.07, 6.45) is 5.41. The van der Waals surface area contributed by atoms with Gasteiger partial charge in [-0.2, -0.15) is 0 Å². The van der Waals surface area contributed by atoms with Crippen molar-refractivity contribution in [3.8, 4) is 0 Å². The maximum atomic E-state index is 13.2. The second kappa shape index (κ2) is 7.85. The first kappa shape index (κ1) is 17.7. The number of carbonyl (C=O) groups is 2. The normalized spacial score (nSPS) is 20.4. The van der Waals surface area contributed by atoms with Gasteiger partial charge in [-0.05, 0) is 49.3 Å². The van der Waals surface area contributed by atoms with E-state index in [0.717, 1.165) is 31.2 Å². The third-order valence-electron chi connectivity index (χ3n) is 5.51. The highest BCUT2D eigenvalue weighted by molar-refractivity contribution is 5.76. The van der Waals surface area contributed by atoms with Crippen LogP contribution in [0.1, 0.15) is 50.1 Å². The van der Waals surface area contributed by atoms with Gasteiger partial charge in [0, 0.05) is 13.1 Å². The van der Waals surface area contributed by atoms with Crippen molar-refractivity contribution in [2.45, 2.75) is 44.6 Å². The minimum atomic E-state index is -0.782. The standard InChI is InChI=1S/C19H25FN2O3/c20-16-7-5-14(6-8-16)17(13-3-1-2-4-13)21-19(25)22-11-9-15(10-12-22)18(23)24/h5-8,13,15,17H,1-4,9-12H2,(H,21,25)(H,23,24). The highest BCUT2D eigenvalue weighted by Gasteiger charge is 2.31. The van der Waals surface area contributed by atoms with Crippen molar-refractivity contribution < 1.29 is 19.1 Å². The number of carbonyl (C=O) groups excluding carboxylic acids is 1. The molecular weight excluding hydrogens is 323 g/mol. The van der Waals surface area contributed by atoms with Gasteiger partial charge in [0.25, 0.3) is 0 Å². The molecule has 6 heteroatoms. The first-order chi connectivity index (χ1) is 12.0. The fourth-order valence-electron chi connectivity index (χ4n) is 3.99. The van der Waals surface area contributed by atoms with Crippen molar-refractivity contribution in [2.24, 2.45) is 11.8 Å². The molecule has 1 aromatic carbocycles. The molecule has 0 aromatic heterocycles. The molecule has 1 aromatic rings. The topological polar surface area (TPSA) is 69.6 Å². The van der Waals surface area contributed by atoms with Crippen LogP contribution < -0.4 is 5.32 Å². The van der Waals surface area contributed by atoms with Crippen LogP contribution in [0, 0.1) is 17.7 Å². The number of rotatable bonds is 4. The lowest BCUT2D eigenvalue weighted by molar-refractivity contribution is -0.143. The Hall–Kier alpha value is -2.11. The quantitative estimate of drug-likeness (QED) is 0.874.